The molecule has 0 fully saturated rings. The Morgan fingerprint density at radius 3 is 1.32 bits per heavy atom. The molecule has 0 atom stereocenters. The van der Waals surface area contributed by atoms with Crippen molar-refractivity contribution in [2.75, 3.05) is 0 Å². The Bertz CT molecular complexity index is 822. The molecule has 6 heteroatoms. The molecule has 0 saturated heterocycles. The Morgan fingerprint density at radius 1 is 0.545 bits per heavy atom. The fourth-order valence-corrected chi connectivity index (χ4v) is 2.13. The summed E-state index contributed by atoms with van der Waals surface area (Å²) in [6.07, 6.45) is 3.39. The molecule has 4 nitrogen and oxygen atoms in total. The molecule has 2 heterocycles. The summed E-state index contributed by atoms with van der Waals surface area (Å²) in [7, 11) is 0. The molecule has 108 valence electrons. The summed E-state index contributed by atoms with van der Waals surface area (Å²) in [6.45, 7) is 0. The van der Waals surface area contributed by atoms with Crippen LogP contribution < -0.4 is 0 Å². The van der Waals surface area contributed by atoms with Gasteiger partial charge in [0.25, 0.3) is 0 Å². The van der Waals surface area contributed by atoms with E-state index >= 15 is 0 Å². The lowest BCUT2D eigenvalue weighted by Crippen LogP contribution is -1.85. The third kappa shape index (κ3) is 3.30. The van der Waals surface area contributed by atoms with Gasteiger partial charge in [0.15, 0.2) is 10.3 Å². The zero-order valence-corrected chi connectivity index (χ0v) is 12.8. The largest absolute Gasteiger partial charge is 0.253 e. The highest BCUT2D eigenvalue weighted by Crippen LogP contribution is 2.20. The number of aromatic nitrogens is 4. The van der Waals surface area contributed by atoms with Crippen molar-refractivity contribution >= 4 is 45.3 Å². The standard InChI is InChI=1S/C8H4Cl2N2.C8H6N2/c9-7-8(10)12-6-4-2-1-3-5(6)11-7;1-2-4-8-7(3-1)9-5-6-10-8/h1-4H;1-6H. The van der Waals surface area contributed by atoms with E-state index in [0.717, 1.165) is 22.1 Å². The summed E-state index contributed by atoms with van der Waals surface area (Å²) in [5.41, 5.74) is 3.41. The van der Waals surface area contributed by atoms with Gasteiger partial charge in [0.1, 0.15) is 0 Å². The van der Waals surface area contributed by atoms with E-state index < -0.39 is 0 Å². The van der Waals surface area contributed by atoms with Gasteiger partial charge in [-0.05, 0) is 24.3 Å². The number of benzene rings is 2. The van der Waals surface area contributed by atoms with Gasteiger partial charge in [-0.15, -0.1) is 0 Å². The number of halogens is 2. The third-order valence-corrected chi connectivity index (χ3v) is 3.49. The average Bonchev–Trinajstić information content (AvgIpc) is 2.57. The van der Waals surface area contributed by atoms with Crippen LogP contribution >= 0.6 is 23.2 Å². The molecule has 2 aromatic carbocycles. The molecule has 0 aliphatic heterocycles. The van der Waals surface area contributed by atoms with Crippen LogP contribution in [0.25, 0.3) is 22.1 Å². The van der Waals surface area contributed by atoms with Crippen LogP contribution in [0.4, 0.5) is 0 Å². The highest BCUT2D eigenvalue weighted by molar-refractivity contribution is 6.40. The number of fused-ring (bicyclic) bond motifs is 2. The van der Waals surface area contributed by atoms with Gasteiger partial charge in [0.2, 0.25) is 0 Å². The molecule has 4 rings (SSSR count). The number of para-hydroxylation sites is 4. The first-order chi connectivity index (χ1) is 10.7. The fraction of sp³-hybridized carbons (Fsp3) is 0. The lowest BCUT2D eigenvalue weighted by molar-refractivity contribution is 1.29. The van der Waals surface area contributed by atoms with Crippen molar-refractivity contribution in [3.05, 3.63) is 71.2 Å². The summed E-state index contributed by atoms with van der Waals surface area (Å²) in [5, 5.41) is 0.491. The normalized spacial score (nSPS) is 10.3. The van der Waals surface area contributed by atoms with Crippen LogP contribution in [0.5, 0.6) is 0 Å². The van der Waals surface area contributed by atoms with Crippen LogP contribution in [0.2, 0.25) is 10.3 Å². The first-order valence-corrected chi connectivity index (χ1v) is 7.23. The average molecular weight is 329 g/mol. The van der Waals surface area contributed by atoms with Gasteiger partial charge >= 0.3 is 0 Å². The minimum atomic E-state index is 0.246. The number of nitrogens with zero attached hydrogens (tertiary/aromatic N) is 4. The number of hydrogen-bond acceptors (Lipinski definition) is 4. The van der Waals surface area contributed by atoms with Gasteiger partial charge < -0.3 is 0 Å². The first-order valence-electron chi connectivity index (χ1n) is 6.47. The molecule has 0 saturated carbocycles. The summed E-state index contributed by atoms with van der Waals surface area (Å²) in [4.78, 5) is 16.3. The molecule has 0 aliphatic carbocycles. The molecule has 0 spiro atoms. The molecule has 0 N–H and O–H groups in total. The molecular formula is C16H10Cl2N4. The molecule has 2 aromatic heterocycles. The van der Waals surface area contributed by atoms with Crippen molar-refractivity contribution in [1.82, 2.24) is 19.9 Å². The quantitative estimate of drug-likeness (QED) is 0.474. The van der Waals surface area contributed by atoms with Crippen molar-refractivity contribution in [1.29, 1.82) is 0 Å². The maximum absolute atomic E-state index is 5.68. The van der Waals surface area contributed by atoms with Gasteiger partial charge in [-0.25, -0.2) is 9.97 Å². The van der Waals surface area contributed by atoms with Gasteiger partial charge in [0.05, 0.1) is 22.1 Å². The van der Waals surface area contributed by atoms with Gasteiger partial charge in [-0.1, -0.05) is 47.5 Å². The smallest absolute Gasteiger partial charge is 0.167 e. The third-order valence-electron chi connectivity index (χ3n) is 2.86. The molecule has 0 unspecified atom stereocenters. The molecule has 0 aliphatic rings. The second-order valence-electron chi connectivity index (χ2n) is 4.34. The minimum Gasteiger partial charge on any atom is -0.253 e. The van der Waals surface area contributed by atoms with Crippen LogP contribution in [0.1, 0.15) is 0 Å². The van der Waals surface area contributed by atoms with Gasteiger partial charge in [-0.3, -0.25) is 9.97 Å². The van der Waals surface area contributed by atoms with E-state index in [2.05, 4.69) is 19.9 Å². The zero-order valence-electron chi connectivity index (χ0n) is 11.3. The van der Waals surface area contributed by atoms with E-state index in [1.807, 2.05) is 48.5 Å². The predicted molar refractivity (Wildman–Crippen MR) is 89.1 cm³/mol. The van der Waals surface area contributed by atoms with E-state index in [-0.39, 0.29) is 10.3 Å². The van der Waals surface area contributed by atoms with Crippen molar-refractivity contribution < 1.29 is 0 Å². The molecule has 0 amide bonds. The molecule has 4 aromatic rings. The highest BCUT2D eigenvalue weighted by Gasteiger charge is 2.02. The Labute approximate surface area is 136 Å². The second kappa shape index (κ2) is 6.64. The number of rotatable bonds is 0. The highest BCUT2D eigenvalue weighted by atomic mass is 35.5. The van der Waals surface area contributed by atoms with Crippen molar-refractivity contribution in [2.24, 2.45) is 0 Å². The monoisotopic (exact) mass is 328 g/mol. The Hall–Kier alpha value is -2.30. The van der Waals surface area contributed by atoms with Crippen LogP contribution in [-0.2, 0) is 0 Å². The molecule has 22 heavy (non-hydrogen) atoms. The summed E-state index contributed by atoms with van der Waals surface area (Å²) < 4.78 is 0. The summed E-state index contributed by atoms with van der Waals surface area (Å²) in [6, 6.07) is 15.2. The lowest BCUT2D eigenvalue weighted by Gasteiger charge is -1.97. The van der Waals surface area contributed by atoms with E-state index in [1.165, 1.54) is 0 Å². The SMILES string of the molecule is Clc1nc2ccccc2nc1Cl.c1ccc2nccnc2c1. The van der Waals surface area contributed by atoms with E-state index in [0.29, 0.717) is 0 Å². The zero-order chi connectivity index (χ0) is 15.4. The molecule has 0 bridgehead atoms. The van der Waals surface area contributed by atoms with E-state index in [9.17, 15) is 0 Å². The molecular weight excluding hydrogens is 319 g/mol. The van der Waals surface area contributed by atoms with Gasteiger partial charge in [-0.2, -0.15) is 0 Å². The molecule has 0 radical (unpaired) electrons. The summed E-state index contributed by atoms with van der Waals surface area (Å²) >= 11 is 11.4. The minimum absolute atomic E-state index is 0.246. The van der Waals surface area contributed by atoms with E-state index in [1.54, 1.807) is 12.4 Å². The van der Waals surface area contributed by atoms with Crippen molar-refractivity contribution in [3.63, 3.8) is 0 Å². The van der Waals surface area contributed by atoms with Crippen LogP contribution in [-0.4, -0.2) is 19.9 Å². The fourth-order valence-electron chi connectivity index (χ4n) is 1.87. The number of hydrogen-bond donors (Lipinski definition) is 0. The summed E-state index contributed by atoms with van der Waals surface area (Å²) in [5.74, 6) is 0. The predicted octanol–water partition coefficient (Wildman–Crippen LogP) is 4.57. The van der Waals surface area contributed by atoms with E-state index in [4.69, 9.17) is 23.2 Å². The van der Waals surface area contributed by atoms with Crippen molar-refractivity contribution in [2.45, 2.75) is 0 Å². The Balaban J connectivity index is 0.000000133. The van der Waals surface area contributed by atoms with Crippen LogP contribution in [0, 0.1) is 0 Å². The van der Waals surface area contributed by atoms with Crippen LogP contribution in [0.3, 0.4) is 0 Å². The Morgan fingerprint density at radius 2 is 0.909 bits per heavy atom. The van der Waals surface area contributed by atoms with Crippen molar-refractivity contribution in [3.8, 4) is 0 Å². The lowest BCUT2D eigenvalue weighted by atomic mass is 10.3. The first kappa shape index (κ1) is 14.6. The maximum Gasteiger partial charge on any atom is 0.167 e. The Kier molecular flexibility index (Phi) is 4.42. The van der Waals surface area contributed by atoms with Gasteiger partial charge in [0, 0.05) is 12.4 Å². The second-order valence-corrected chi connectivity index (χ2v) is 5.06. The maximum atomic E-state index is 5.68. The van der Waals surface area contributed by atoms with Crippen LogP contribution in [0.15, 0.2) is 60.9 Å². The topological polar surface area (TPSA) is 51.6 Å².